The standard InChI is InChI=1S/C15H15N3O/c1-19-14-8-10(2-3-11(14)9-16)12-4-6-17-15-13(12)5-7-18-15/h2-8H,9,16H2,1H3,(H,17,18). The number of benzene rings is 1. The van der Waals surface area contributed by atoms with Crippen molar-refractivity contribution in [3.05, 3.63) is 48.3 Å². The van der Waals surface area contributed by atoms with Crippen LogP contribution in [0, 0.1) is 0 Å². The van der Waals surface area contributed by atoms with Gasteiger partial charge in [-0.3, -0.25) is 0 Å². The van der Waals surface area contributed by atoms with Gasteiger partial charge in [-0.2, -0.15) is 0 Å². The molecule has 0 saturated carbocycles. The van der Waals surface area contributed by atoms with Crippen LogP contribution >= 0.6 is 0 Å². The van der Waals surface area contributed by atoms with Crippen molar-refractivity contribution in [2.45, 2.75) is 6.54 Å². The van der Waals surface area contributed by atoms with Crippen LogP contribution in [-0.4, -0.2) is 17.1 Å². The molecule has 0 amide bonds. The minimum Gasteiger partial charge on any atom is -0.496 e. The van der Waals surface area contributed by atoms with Gasteiger partial charge in [-0.25, -0.2) is 4.98 Å². The third-order valence-corrected chi connectivity index (χ3v) is 3.28. The van der Waals surface area contributed by atoms with Gasteiger partial charge >= 0.3 is 0 Å². The van der Waals surface area contributed by atoms with E-state index in [1.54, 1.807) is 13.3 Å². The van der Waals surface area contributed by atoms with E-state index in [1.165, 1.54) is 0 Å². The fraction of sp³-hybridized carbons (Fsp3) is 0.133. The molecule has 0 saturated heterocycles. The lowest BCUT2D eigenvalue weighted by Gasteiger charge is -2.10. The highest BCUT2D eigenvalue weighted by Crippen LogP contribution is 2.31. The van der Waals surface area contributed by atoms with Crippen molar-refractivity contribution in [1.29, 1.82) is 0 Å². The average Bonchev–Trinajstić information content (AvgIpc) is 2.94. The maximum absolute atomic E-state index is 5.69. The molecule has 19 heavy (non-hydrogen) atoms. The quantitative estimate of drug-likeness (QED) is 0.754. The molecular formula is C15H15N3O. The predicted octanol–water partition coefficient (Wildman–Crippen LogP) is 2.70. The number of pyridine rings is 1. The summed E-state index contributed by atoms with van der Waals surface area (Å²) in [7, 11) is 1.66. The Bertz CT molecular complexity index is 718. The monoisotopic (exact) mass is 253 g/mol. The zero-order chi connectivity index (χ0) is 13.2. The Kier molecular flexibility index (Phi) is 2.93. The molecule has 2 aromatic heterocycles. The smallest absolute Gasteiger partial charge is 0.137 e. The maximum atomic E-state index is 5.69. The van der Waals surface area contributed by atoms with Gasteiger partial charge in [0.25, 0.3) is 0 Å². The lowest BCUT2D eigenvalue weighted by atomic mass is 10.0. The number of methoxy groups -OCH3 is 1. The summed E-state index contributed by atoms with van der Waals surface area (Å²) in [4.78, 5) is 7.42. The first-order valence-electron chi connectivity index (χ1n) is 6.13. The van der Waals surface area contributed by atoms with Crippen molar-refractivity contribution in [3.8, 4) is 16.9 Å². The molecule has 0 spiro atoms. The summed E-state index contributed by atoms with van der Waals surface area (Å²) in [6, 6.07) is 10.1. The molecule has 2 heterocycles. The molecule has 0 atom stereocenters. The van der Waals surface area contributed by atoms with Gasteiger partial charge in [0, 0.05) is 29.9 Å². The molecule has 0 fully saturated rings. The molecule has 3 aromatic rings. The van der Waals surface area contributed by atoms with Gasteiger partial charge in [-0.15, -0.1) is 0 Å². The van der Waals surface area contributed by atoms with Crippen LogP contribution in [0.3, 0.4) is 0 Å². The van der Waals surface area contributed by atoms with Crippen LogP contribution < -0.4 is 10.5 Å². The average molecular weight is 253 g/mol. The molecule has 0 bridgehead atoms. The molecule has 0 aliphatic carbocycles. The normalized spacial score (nSPS) is 10.8. The van der Waals surface area contributed by atoms with Crippen molar-refractivity contribution < 1.29 is 4.74 Å². The summed E-state index contributed by atoms with van der Waals surface area (Å²) in [5, 5.41) is 1.10. The van der Waals surface area contributed by atoms with Crippen LogP contribution in [0.4, 0.5) is 0 Å². The van der Waals surface area contributed by atoms with Crippen molar-refractivity contribution in [1.82, 2.24) is 9.97 Å². The van der Waals surface area contributed by atoms with E-state index in [4.69, 9.17) is 10.5 Å². The number of aromatic amines is 1. The van der Waals surface area contributed by atoms with Crippen LogP contribution in [0.2, 0.25) is 0 Å². The van der Waals surface area contributed by atoms with E-state index < -0.39 is 0 Å². The Morgan fingerprint density at radius 1 is 1.26 bits per heavy atom. The molecule has 0 unspecified atom stereocenters. The molecule has 3 N–H and O–H groups in total. The number of hydrogen-bond acceptors (Lipinski definition) is 3. The number of rotatable bonds is 3. The largest absolute Gasteiger partial charge is 0.496 e. The van der Waals surface area contributed by atoms with Gasteiger partial charge < -0.3 is 15.5 Å². The zero-order valence-electron chi connectivity index (χ0n) is 10.7. The Morgan fingerprint density at radius 2 is 2.16 bits per heavy atom. The lowest BCUT2D eigenvalue weighted by Crippen LogP contribution is -1.99. The second-order valence-electron chi connectivity index (χ2n) is 4.33. The summed E-state index contributed by atoms with van der Waals surface area (Å²) in [5.41, 5.74) is 9.82. The van der Waals surface area contributed by atoms with Crippen molar-refractivity contribution >= 4 is 11.0 Å². The minimum atomic E-state index is 0.472. The van der Waals surface area contributed by atoms with E-state index >= 15 is 0 Å². The van der Waals surface area contributed by atoms with E-state index in [1.807, 2.05) is 30.5 Å². The fourth-order valence-corrected chi connectivity index (χ4v) is 2.29. The maximum Gasteiger partial charge on any atom is 0.137 e. The van der Waals surface area contributed by atoms with Gasteiger partial charge in [-0.05, 0) is 29.3 Å². The molecule has 4 nitrogen and oxygen atoms in total. The lowest BCUT2D eigenvalue weighted by molar-refractivity contribution is 0.410. The number of H-pyrrole nitrogens is 1. The topological polar surface area (TPSA) is 63.9 Å². The number of ether oxygens (including phenoxy) is 1. The number of nitrogens with zero attached hydrogens (tertiary/aromatic N) is 1. The number of nitrogens with one attached hydrogen (secondary N) is 1. The molecular weight excluding hydrogens is 238 g/mol. The number of fused-ring (bicyclic) bond motifs is 1. The molecule has 0 aliphatic rings. The Balaban J connectivity index is 2.19. The fourth-order valence-electron chi connectivity index (χ4n) is 2.29. The summed E-state index contributed by atoms with van der Waals surface area (Å²) in [5.74, 6) is 0.820. The van der Waals surface area contributed by atoms with Gasteiger partial charge in [0.2, 0.25) is 0 Å². The van der Waals surface area contributed by atoms with Gasteiger partial charge in [0.15, 0.2) is 0 Å². The van der Waals surface area contributed by atoms with Crippen LogP contribution in [0.25, 0.3) is 22.2 Å². The van der Waals surface area contributed by atoms with Crippen LogP contribution in [0.15, 0.2) is 42.7 Å². The van der Waals surface area contributed by atoms with Crippen LogP contribution in [0.1, 0.15) is 5.56 Å². The summed E-state index contributed by atoms with van der Waals surface area (Å²) < 4.78 is 5.39. The zero-order valence-corrected chi connectivity index (χ0v) is 10.7. The first-order chi connectivity index (χ1) is 9.33. The molecule has 3 rings (SSSR count). The minimum absolute atomic E-state index is 0.472. The van der Waals surface area contributed by atoms with Crippen molar-refractivity contribution in [2.75, 3.05) is 7.11 Å². The highest BCUT2D eigenvalue weighted by molar-refractivity contribution is 5.93. The first-order valence-corrected chi connectivity index (χ1v) is 6.13. The molecule has 0 radical (unpaired) electrons. The van der Waals surface area contributed by atoms with E-state index in [9.17, 15) is 0 Å². The molecule has 0 aliphatic heterocycles. The van der Waals surface area contributed by atoms with Gasteiger partial charge in [0.05, 0.1) is 7.11 Å². The molecule has 4 heteroatoms. The summed E-state index contributed by atoms with van der Waals surface area (Å²) in [6.45, 7) is 0.472. The van der Waals surface area contributed by atoms with Crippen molar-refractivity contribution in [3.63, 3.8) is 0 Å². The molecule has 1 aromatic carbocycles. The number of nitrogens with two attached hydrogens (primary N) is 1. The van der Waals surface area contributed by atoms with E-state index in [2.05, 4.69) is 16.0 Å². The third-order valence-electron chi connectivity index (χ3n) is 3.28. The van der Waals surface area contributed by atoms with Gasteiger partial charge in [-0.1, -0.05) is 12.1 Å². The first kappa shape index (κ1) is 11.7. The van der Waals surface area contributed by atoms with Gasteiger partial charge in [0.1, 0.15) is 11.4 Å². The Hall–Kier alpha value is -2.33. The molecule has 96 valence electrons. The van der Waals surface area contributed by atoms with E-state index in [0.717, 1.165) is 33.5 Å². The second-order valence-corrected chi connectivity index (χ2v) is 4.33. The highest BCUT2D eigenvalue weighted by atomic mass is 16.5. The second kappa shape index (κ2) is 4.74. The third kappa shape index (κ3) is 1.96. The highest BCUT2D eigenvalue weighted by Gasteiger charge is 2.08. The van der Waals surface area contributed by atoms with E-state index in [-0.39, 0.29) is 0 Å². The van der Waals surface area contributed by atoms with Crippen LogP contribution in [0.5, 0.6) is 5.75 Å². The Morgan fingerprint density at radius 3 is 2.95 bits per heavy atom. The van der Waals surface area contributed by atoms with Crippen LogP contribution in [-0.2, 0) is 6.54 Å². The van der Waals surface area contributed by atoms with Crippen molar-refractivity contribution in [2.24, 2.45) is 5.73 Å². The Labute approximate surface area is 111 Å². The van der Waals surface area contributed by atoms with E-state index in [0.29, 0.717) is 6.54 Å². The number of aromatic nitrogens is 2. The SMILES string of the molecule is COc1cc(-c2ccnc3[nH]ccc23)ccc1CN. The summed E-state index contributed by atoms with van der Waals surface area (Å²) in [6.07, 6.45) is 3.70. The summed E-state index contributed by atoms with van der Waals surface area (Å²) >= 11 is 0. The number of hydrogen-bond donors (Lipinski definition) is 2. The predicted molar refractivity (Wildman–Crippen MR) is 76.0 cm³/mol.